The number of nitrogens with zero attached hydrogens (tertiary/aromatic N) is 1. The van der Waals surface area contributed by atoms with Crippen LogP contribution in [0.4, 0.5) is 4.39 Å². The van der Waals surface area contributed by atoms with Gasteiger partial charge >= 0.3 is 0 Å². The molecular weight excluding hydrogens is 239 g/mol. The maximum atomic E-state index is 13.3. The van der Waals surface area contributed by atoms with E-state index in [9.17, 15) is 4.39 Å². The minimum absolute atomic E-state index is 0.106. The van der Waals surface area contributed by atoms with Crippen LogP contribution in [-0.4, -0.2) is 4.98 Å². The second-order valence-corrected chi connectivity index (χ2v) is 4.19. The van der Waals surface area contributed by atoms with E-state index in [1.165, 1.54) is 6.07 Å². The quantitative estimate of drug-likeness (QED) is 0.909. The zero-order valence-corrected chi connectivity index (χ0v) is 9.86. The zero-order chi connectivity index (χ0) is 12.3. The summed E-state index contributed by atoms with van der Waals surface area (Å²) >= 11 is 5.89. The van der Waals surface area contributed by atoms with Crippen molar-refractivity contribution in [3.8, 4) is 0 Å². The summed E-state index contributed by atoms with van der Waals surface area (Å²) in [5, 5.41) is 0.106. The van der Waals surface area contributed by atoms with Crippen molar-refractivity contribution in [2.75, 3.05) is 0 Å². The lowest BCUT2D eigenvalue weighted by Gasteiger charge is -2.13. The van der Waals surface area contributed by atoms with Crippen molar-refractivity contribution < 1.29 is 4.39 Å². The van der Waals surface area contributed by atoms with E-state index in [0.717, 1.165) is 5.56 Å². The van der Waals surface area contributed by atoms with Crippen molar-refractivity contribution >= 4 is 11.6 Å². The molecule has 2 rings (SSSR count). The first-order valence-corrected chi connectivity index (χ1v) is 5.64. The Kier molecular flexibility index (Phi) is 3.71. The predicted molar refractivity (Wildman–Crippen MR) is 66.3 cm³/mol. The highest BCUT2D eigenvalue weighted by Crippen LogP contribution is 2.26. The fourth-order valence-electron chi connectivity index (χ4n) is 1.69. The van der Waals surface area contributed by atoms with Gasteiger partial charge in [-0.05, 0) is 35.7 Å². The molecule has 1 heterocycles. The number of rotatable bonds is 3. The van der Waals surface area contributed by atoms with Crippen LogP contribution in [0.15, 0.2) is 42.7 Å². The molecule has 0 saturated heterocycles. The van der Waals surface area contributed by atoms with Crippen molar-refractivity contribution in [2.24, 2.45) is 5.73 Å². The molecule has 1 atom stereocenters. The third kappa shape index (κ3) is 2.81. The van der Waals surface area contributed by atoms with E-state index in [0.29, 0.717) is 12.0 Å². The molecule has 4 heteroatoms. The van der Waals surface area contributed by atoms with Gasteiger partial charge in [0, 0.05) is 18.4 Å². The van der Waals surface area contributed by atoms with E-state index in [-0.39, 0.29) is 11.1 Å². The van der Waals surface area contributed by atoms with E-state index in [4.69, 9.17) is 17.3 Å². The van der Waals surface area contributed by atoms with Gasteiger partial charge in [0.2, 0.25) is 0 Å². The molecule has 17 heavy (non-hydrogen) atoms. The Morgan fingerprint density at radius 1 is 1.24 bits per heavy atom. The first-order chi connectivity index (χ1) is 8.18. The van der Waals surface area contributed by atoms with Crippen LogP contribution in [0.3, 0.4) is 0 Å². The average Bonchev–Trinajstić information content (AvgIpc) is 2.34. The summed E-state index contributed by atoms with van der Waals surface area (Å²) < 4.78 is 13.3. The molecule has 1 aromatic heterocycles. The highest BCUT2D eigenvalue weighted by molar-refractivity contribution is 6.31. The summed E-state index contributed by atoms with van der Waals surface area (Å²) in [4.78, 5) is 3.93. The van der Waals surface area contributed by atoms with Gasteiger partial charge in [-0.25, -0.2) is 4.39 Å². The number of hydrogen-bond acceptors (Lipinski definition) is 2. The van der Waals surface area contributed by atoms with Gasteiger partial charge in [0.1, 0.15) is 5.82 Å². The largest absolute Gasteiger partial charge is 0.324 e. The normalized spacial score (nSPS) is 12.4. The zero-order valence-electron chi connectivity index (χ0n) is 9.11. The van der Waals surface area contributed by atoms with Gasteiger partial charge in [0.15, 0.2) is 0 Å². The van der Waals surface area contributed by atoms with Crippen molar-refractivity contribution in [3.63, 3.8) is 0 Å². The number of nitrogens with two attached hydrogens (primary N) is 1. The maximum Gasteiger partial charge on any atom is 0.142 e. The van der Waals surface area contributed by atoms with Crippen LogP contribution < -0.4 is 5.73 Å². The van der Waals surface area contributed by atoms with Crippen LogP contribution in [0, 0.1) is 5.82 Å². The van der Waals surface area contributed by atoms with Crippen molar-refractivity contribution in [2.45, 2.75) is 12.5 Å². The second-order valence-electron chi connectivity index (χ2n) is 3.81. The first kappa shape index (κ1) is 12.0. The molecule has 2 aromatic rings. The molecule has 0 fully saturated rings. The molecule has 1 unspecified atom stereocenters. The van der Waals surface area contributed by atoms with Crippen molar-refractivity contribution in [3.05, 3.63) is 64.7 Å². The van der Waals surface area contributed by atoms with Gasteiger partial charge in [-0.2, -0.15) is 0 Å². The summed E-state index contributed by atoms with van der Waals surface area (Å²) in [5.74, 6) is -0.436. The Bertz CT molecular complexity index is 502. The molecule has 0 aliphatic heterocycles. The molecular formula is C13H12ClFN2. The maximum absolute atomic E-state index is 13.3. The monoisotopic (exact) mass is 250 g/mol. The molecule has 0 aliphatic rings. The smallest absolute Gasteiger partial charge is 0.142 e. The average molecular weight is 251 g/mol. The minimum Gasteiger partial charge on any atom is -0.324 e. The molecule has 0 bridgehead atoms. The fraction of sp³-hybridized carbons (Fsp3) is 0.154. The van der Waals surface area contributed by atoms with E-state index < -0.39 is 5.82 Å². The van der Waals surface area contributed by atoms with Gasteiger partial charge in [0.05, 0.1) is 5.02 Å². The van der Waals surface area contributed by atoms with Crippen molar-refractivity contribution in [1.29, 1.82) is 0 Å². The summed E-state index contributed by atoms with van der Waals surface area (Å²) in [6, 6.07) is 8.13. The Labute approximate surface area is 104 Å². The Morgan fingerprint density at radius 3 is 2.65 bits per heavy atom. The molecule has 1 aromatic carbocycles. The highest BCUT2D eigenvalue weighted by Gasteiger charge is 2.13. The van der Waals surface area contributed by atoms with Gasteiger partial charge in [-0.15, -0.1) is 0 Å². The van der Waals surface area contributed by atoms with Crippen molar-refractivity contribution in [1.82, 2.24) is 4.98 Å². The number of benzene rings is 1. The molecule has 0 spiro atoms. The molecule has 2 N–H and O–H groups in total. The second kappa shape index (κ2) is 5.25. The lowest BCUT2D eigenvalue weighted by atomic mass is 10.0. The third-order valence-electron chi connectivity index (χ3n) is 2.59. The van der Waals surface area contributed by atoms with Crippen LogP contribution in [0.2, 0.25) is 5.02 Å². The Hall–Kier alpha value is -1.45. The lowest BCUT2D eigenvalue weighted by molar-refractivity contribution is 0.619. The van der Waals surface area contributed by atoms with Crippen LogP contribution >= 0.6 is 11.6 Å². The number of hydrogen-bond donors (Lipinski definition) is 1. The Morgan fingerprint density at radius 2 is 1.94 bits per heavy atom. The van der Waals surface area contributed by atoms with Crippen LogP contribution in [-0.2, 0) is 6.42 Å². The van der Waals surface area contributed by atoms with E-state index in [2.05, 4.69) is 4.98 Å². The summed E-state index contributed by atoms with van der Waals surface area (Å²) in [7, 11) is 0. The van der Waals surface area contributed by atoms with E-state index >= 15 is 0 Å². The standard InChI is InChI=1S/C13H12ClFN2/c14-13-10(2-1-3-11(13)15)12(16)8-9-4-6-17-7-5-9/h1-7,12H,8,16H2. The van der Waals surface area contributed by atoms with Crippen LogP contribution in [0.1, 0.15) is 17.2 Å². The minimum atomic E-state index is -0.436. The summed E-state index contributed by atoms with van der Waals surface area (Å²) in [6.45, 7) is 0. The van der Waals surface area contributed by atoms with Gasteiger partial charge in [-0.1, -0.05) is 23.7 Å². The molecule has 0 saturated carbocycles. The molecule has 2 nitrogen and oxygen atoms in total. The lowest BCUT2D eigenvalue weighted by Crippen LogP contribution is -2.14. The van der Waals surface area contributed by atoms with Crippen LogP contribution in [0.25, 0.3) is 0 Å². The van der Waals surface area contributed by atoms with Crippen LogP contribution in [0.5, 0.6) is 0 Å². The van der Waals surface area contributed by atoms with Gasteiger partial charge in [0.25, 0.3) is 0 Å². The molecule has 0 aliphatic carbocycles. The third-order valence-corrected chi connectivity index (χ3v) is 2.98. The number of halogens is 2. The Balaban J connectivity index is 2.20. The molecule has 0 amide bonds. The molecule has 0 radical (unpaired) electrons. The molecule has 88 valence electrons. The topological polar surface area (TPSA) is 38.9 Å². The first-order valence-electron chi connectivity index (χ1n) is 5.27. The summed E-state index contributed by atoms with van der Waals surface area (Å²) in [5.41, 5.74) is 7.70. The van der Waals surface area contributed by atoms with E-state index in [1.54, 1.807) is 24.5 Å². The predicted octanol–water partition coefficient (Wildman–Crippen LogP) is 3.12. The fourth-order valence-corrected chi connectivity index (χ4v) is 1.96. The number of pyridine rings is 1. The number of aromatic nitrogens is 1. The SMILES string of the molecule is NC(Cc1ccncc1)c1cccc(F)c1Cl. The van der Waals surface area contributed by atoms with Gasteiger partial charge < -0.3 is 5.73 Å². The van der Waals surface area contributed by atoms with Gasteiger partial charge in [-0.3, -0.25) is 4.98 Å². The highest BCUT2D eigenvalue weighted by atomic mass is 35.5. The van der Waals surface area contributed by atoms with E-state index in [1.807, 2.05) is 12.1 Å². The summed E-state index contributed by atoms with van der Waals surface area (Å²) in [6.07, 6.45) is 4.01.